The number of para-hydroxylation sites is 1. The summed E-state index contributed by atoms with van der Waals surface area (Å²) in [6.07, 6.45) is -3.63. The van der Waals surface area contributed by atoms with Gasteiger partial charge in [-0.1, -0.05) is 30.3 Å². The number of carboxylic acid groups (broad SMARTS) is 1. The molecule has 1 heterocycles. The fraction of sp³-hybridized carbons (Fsp3) is 0.150. The summed E-state index contributed by atoms with van der Waals surface area (Å²) in [6, 6.07) is 12.7. The molecule has 0 fully saturated rings. The van der Waals surface area contributed by atoms with Crippen LogP contribution in [0.1, 0.15) is 21.6 Å². The van der Waals surface area contributed by atoms with Crippen LogP contribution in [0.2, 0.25) is 0 Å². The molecular weight excluding hydrogens is 359 g/mol. The molecule has 7 heteroatoms. The number of hydrogen-bond acceptors (Lipinski definition) is 2. The topological polar surface area (TPSA) is 51.5 Å². The van der Waals surface area contributed by atoms with Gasteiger partial charge in [-0.05, 0) is 36.2 Å². The average molecular weight is 375 g/mol. The molecule has 4 nitrogen and oxygen atoms in total. The molecule has 27 heavy (non-hydrogen) atoms. The lowest BCUT2D eigenvalue weighted by Crippen LogP contribution is -2.17. The van der Waals surface area contributed by atoms with Crippen molar-refractivity contribution in [2.75, 3.05) is 7.11 Å². The Labute approximate surface area is 153 Å². The largest absolute Gasteiger partial charge is 0.497 e. The summed E-state index contributed by atoms with van der Waals surface area (Å²) in [4.78, 5) is 11.8. The Bertz CT molecular complexity index is 989. The molecule has 0 spiro atoms. The molecule has 0 aliphatic carbocycles. The van der Waals surface area contributed by atoms with E-state index in [1.165, 1.54) is 31.5 Å². The number of carboxylic acids is 1. The Morgan fingerprint density at radius 2 is 1.70 bits per heavy atom. The Balaban J connectivity index is 2.34. The molecule has 0 atom stereocenters. The van der Waals surface area contributed by atoms with Crippen molar-refractivity contribution in [3.63, 3.8) is 0 Å². The first-order valence-electron chi connectivity index (χ1n) is 8.00. The molecular formula is C20H16F3NO3. The van der Waals surface area contributed by atoms with Gasteiger partial charge in [0.15, 0.2) is 0 Å². The summed E-state index contributed by atoms with van der Waals surface area (Å²) >= 11 is 0. The highest BCUT2D eigenvalue weighted by atomic mass is 19.4. The number of benzene rings is 2. The first-order chi connectivity index (χ1) is 12.7. The molecule has 0 saturated carbocycles. The van der Waals surface area contributed by atoms with E-state index in [1.54, 1.807) is 37.3 Å². The highest BCUT2D eigenvalue weighted by molar-refractivity contribution is 5.98. The van der Waals surface area contributed by atoms with Crippen LogP contribution in [0, 0.1) is 6.92 Å². The van der Waals surface area contributed by atoms with E-state index in [0.717, 1.165) is 4.57 Å². The second-order valence-electron chi connectivity index (χ2n) is 5.95. The number of rotatable bonds is 4. The summed E-state index contributed by atoms with van der Waals surface area (Å²) < 4.78 is 47.4. The van der Waals surface area contributed by atoms with Gasteiger partial charge in [-0.25, -0.2) is 4.79 Å². The number of ether oxygens (including phenoxy) is 1. The molecule has 0 radical (unpaired) electrons. The van der Waals surface area contributed by atoms with Crippen molar-refractivity contribution in [1.82, 2.24) is 4.57 Å². The number of methoxy groups -OCH3 is 1. The zero-order valence-electron chi connectivity index (χ0n) is 14.5. The van der Waals surface area contributed by atoms with E-state index in [4.69, 9.17) is 4.74 Å². The molecule has 0 bridgehead atoms. The normalized spacial score (nSPS) is 11.4. The lowest BCUT2D eigenvalue weighted by atomic mass is 10.0. The highest BCUT2D eigenvalue weighted by Gasteiger charge is 2.41. The van der Waals surface area contributed by atoms with Crippen LogP contribution in [-0.4, -0.2) is 22.8 Å². The molecule has 3 aromatic rings. The monoisotopic (exact) mass is 375 g/mol. The third kappa shape index (κ3) is 3.40. The van der Waals surface area contributed by atoms with E-state index in [9.17, 15) is 23.1 Å². The zero-order valence-corrected chi connectivity index (χ0v) is 14.5. The number of aryl methyl sites for hydroxylation is 1. The predicted molar refractivity (Wildman–Crippen MR) is 94.5 cm³/mol. The fourth-order valence-electron chi connectivity index (χ4n) is 3.01. The van der Waals surface area contributed by atoms with Crippen LogP contribution >= 0.6 is 0 Å². The van der Waals surface area contributed by atoms with Crippen LogP contribution in [0.5, 0.6) is 5.75 Å². The standard InChI is InChI=1S/C20H16F3NO3/c1-12-5-3-4-6-16(12)24-11-15(13-7-9-14(27-2)10-8-13)17(19(25)26)18(24)20(21,22)23/h3-11H,1-2H3,(H,25,26). The number of nitrogens with zero attached hydrogens (tertiary/aromatic N) is 1. The second-order valence-corrected chi connectivity index (χ2v) is 5.95. The van der Waals surface area contributed by atoms with E-state index in [2.05, 4.69) is 0 Å². The van der Waals surface area contributed by atoms with Gasteiger partial charge < -0.3 is 14.4 Å². The lowest BCUT2D eigenvalue weighted by Gasteiger charge is -2.14. The number of aromatic carboxylic acids is 1. The van der Waals surface area contributed by atoms with E-state index < -0.39 is 23.4 Å². The molecule has 0 amide bonds. The van der Waals surface area contributed by atoms with Gasteiger partial charge in [-0.15, -0.1) is 0 Å². The van der Waals surface area contributed by atoms with Gasteiger partial charge in [0, 0.05) is 17.4 Å². The predicted octanol–water partition coefficient (Wildman–Crippen LogP) is 5.18. The molecule has 0 saturated heterocycles. The van der Waals surface area contributed by atoms with Crippen molar-refractivity contribution in [3.05, 3.63) is 71.5 Å². The number of alkyl halides is 3. The summed E-state index contributed by atoms with van der Waals surface area (Å²) in [7, 11) is 1.47. The number of carbonyl (C=O) groups is 1. The summed E-state index contributed by atoms with van der Waals surface area (Å²) in [5, 5.41) is 9.56. The summed E-state index contributed by atoms with van der Waals surface area (Å²) in [5.74, 6) is -1.12. The fourth-order valence-corrected chi connectivity index (χ4v) is 3.01. The third-order valence-corrected chi connectivity index (χ3v) is 4.26. The maximum absolute atomic E-state index is 13.8. The zero-order chi connectivity index (χ0) is 19.8. The van der Waals surface area contributed by atoms with Crippen LogP contribution in [0.4, 0.5) is 13.2 Å². The molecule has 140 valence electrons. The molecule has 0 aliphatic rings. The first-order valence-corrected chi connectivity index (χ1v) is 8.00. The maximum Gasteiger partial charge on any atom is 0.432 e. The molecule has 1 N–H and O–H groups in total. The van der Waals surface area contributed by atoms with Crippen LogP contribution in [0.25, 0.3) is 16.8 Å². The molecule has 2 aromatic carbocycles. The maximum atomic E-state index is 13.8. The second kappa shape index (κ2) is 6.83. The van der Waals surface area contributed by atoms with Crippen molar-refractivity contribution < 1.29 is 27.8 Å². The SMILES string of the molecule is COc1ccc(-c2cn(-c3ccccc3C)c(C(F)(F)F)c2C(=O)O)cc1. The smallest absolute Gasteiger partial charge is 0.432 e. The minimum atomic E-state index is -4.85. The van der Waals surface area contributed by atoms with Gasteiger partial charge >= 0.3 is 12.1 Å². The van der Waals surface area contributed by atoms with Crippen molar-refractivity contribution in [2.24, 2.45) is 0 Å². The third-order valence-electron chi connectivity index (χ3n) is 4.26. The van der Waals surface area contributed by atoms with E-state index >= 15 is 0 Å². The van der Waals surface area contributed by atoms with Gasteiger partial charge in [-0.2, -0.15) is 13.2 Å². The number of halogens is 3. The van der Waals surface area contributed by atoms with E-state index in [0.29, 0.717) is 16.9 Å². The van der Waals surface area contributed by atoms with Crippen molar-refractivity contribution in [1.29, 1.82) is 0 Å². The van der Waals surface area contributed by atoms with Crippen LogP contribution in [0.15, 0.2) is 54.7 Å². The Morgan fingerprint density at radius 1 is 1.07 bits per heavy atom. The average Bonchev–Trinajstić information content (AvgIpc) is 3.03. The van der Waals surface area contributed by atoms with Gasteiger partial charge in [0.2, 0.25) is 0 Å². The molecule has 3 rings (SSSR count). The van der Waals surface area contributed by atoms with Crippen molar-refractivity contribution in [3.8, 4) is 22.6 Å². The summed E-state index contributed by atoms with van der Waals surface area (Å²) in [5.41, 5.74) is -0.791. The minimum absolute atomic E-state index is 0.0132. The van der Waals surface area contributed by atoms with Gasteiger partial charge in [0.1, 0.15) is 11.4 Å². The minimum Gasteiger partial charge on any atom is -0.497 e. The lowest BCUT2D eigenvalue weighted by molar-refractivity contribution is -0.142. The number of aromatic nitrogens is 1. The van der Waals surface area contributed by atoms with E-state index in [-0.39, 0.29) is 11.3 Å². The van der Waals surface area contributed by atoms with Gasteiger partial charge in [0.25, 0.3) is 0 Å². The Kier molecular flexibility index (Phi) is 4.70. The van der Waals surface area contributed by atoms with Crippen LogP contribution in [-0.2, 0) is 6.18 Å². The van der Waals surface area contributed by atoms with Gasteiger partial charge in [0.05, 0.1) is 12.7 Å². The molecule has 1 aromatic heterocycles. The van der Waals surface area contributed by atoms with Crippen LogP contribution < -0.4 is 4.74 Å². The van der Waals surface area contributed by atoms with Gasteiger partial charge in [-0.3, -0.25) is 0 Å². The Morgan fingerprint density at radius 3 is 2.22 bits per heavy atom. The molecule has 0 unspecified atom stereocenters. The van der Waals surface area contributed by atoms with Crippen molar-refractivity contribution >= 4 is 5.97 Å². The highest BCUT2D eigenvalue weighted by Crippen LogP contribution is 2.40. The quantitative estimate of drug-likeness (QED) is 0.684. The van der Waals surface area contributed by atoms with Crippen molar-refractivity contribution in [2.45, 2.75) is 13.1 Å². The van der Waals surface area contributed by atoms with Crippen LogP contribution in [0.3, 0.4) is 0 Å². The molecule has 0 aliphatic heterocycles. The number of hydrogen-bond donors (Lipinski definition) is 1. The summed E-state index contributed by atoms with van der Waals surface area (Å²) in [6.45, 7) is 1.67. The first kappa shape index (κ1) is 18.6. The van der Waals surface area contributed by atoms with E-state index in [1.807, 2.05) is 0 Å². The Hall–Kier alpha value is -3.22.